The molecule has 6 heteroatoms. The van der Waals surface area contributed by atoms with E-state index in [0.717, 1.165) is 36.1 Å². The maximum absolute atomic E-state index is 4.46. The lowest BCUT2D eigenvalue weighted by atomic mass is 10.1. The molecule has 19 heavy (non-hydrogen) atoms. The van der Waals surface area contributed by atoms with Crippen molar-refractivity contribution in [2.75, 3.05) is 6.54 Å². The first-order valence-electron chi connectivity index (χ1n) is 6.60. The van der Waals surface area contributed by atoms with Gasteiger partial charge in [0, 0.05) is 11.9 Å². The van der Waals surface area contributed by atoms with Gasteiger partial charge in [0.25, 0.3) is 0 Å². The van der Waals surface area contributed by atoms with Crippen molar-refractivity contribution in [3.05, 3.63) is 32.9 Å². The van der Waals surface area contributed by atoms with Crippen LogP contribution in [0, 0.1) is 0 Å². The molecule has 0 aliphatic rings. The predicted octanol–water partition coefficient (Wildman–Crippen LogP) is 3.60. The zero-order valence-electron chi connectivity index (χ0n) is 11.3. The van der Waals surface area contributed by atoms with Gasteiger partial charge in [-0.3, -0.25) is 4.68 Å². The summed E-state index contributed by atoms with van der Waals surface area (Å²) in [5.41, 5.74) is 4.11. The summed E-state index contributed by atoms with van der Waals surface area (Å²) in [5.74, 6) is 0. The maximum atomic E-state index is 4.46. The molecule has 0 saturated heterocycles. The van der Waals surface area contributed by atoms with Gasteiger partial charge in [-0.05, 0) is 35.3 Å². The molecule has 0 aliphatic carbocycles. The lowest BCUT2D eigenvalue weighted by Gasteiger charge is -2.19. The third-order valence-corrected chi connectivity index (χ3v) is 4.10. The van der Waals surface area contributed by atoms with E-state index in [1.54, 1.807) is 11.3 Å². The van der Waals surface area contributed by atoms with Gasteiger partial charge in [-0.25, -0.2) is 4.98 Å². The molecule has 0 bridgehead atoms. The maximum Gasteiger partial charge on any atom is 0.0942 e. The third kappa shape index (κ3) is 3.43. The van der Waals surface area contributed by atoms with Crippen LogP contribution in [0.25, 0.3) is 0 Å². The molecule has 0 amide bonds. The molecule has 0 saturated carbocycles. The van der Waals surface area contributed by atoms with Crippen LogP contribution in [0.1, 0.15) is 44.1 Å². The summed E-state index contributed by atoms with van der Waals surface area (Å²) in [4.78, 5) is 4.46. The van der Waals surface area contributed by atoms with E-state index in [4.69, 9.17) is 0 Å². The van der Waals surface area contributed by atoms with Crippen LogP contribution in [0.15, 0.2) is 21.6 Å². The standard InChI is InChI=1S/C13H19BrN4S/c1-3-5-15-12(11-8-19-9-16-11)13-10(14)7-17-18(13)6-4-2/h7-9,12,15H,3-6H2,1-2H3. The minimum Gasteiger partial charge on any atom is -0.304 e. The highest BCUT2D eigenvalue weighted by atomic mass is 79.9. The monoisotopic (exact) mass is 342 g/mol. The second-order valence-electron chi connectivity index (χ2n) is 4.40. The Hall–Kier alpha value is -0.720. The van der Waals surface area contributed by atoms with Gasteiger partial charge in [-0.2, -0.15) is 5.10 Å². The van der Waals surface area contributed by atoms with Gasteiger partial charge in [0.15, 0.2) is 0 Å². The van der Waals surface area contributed by atoms with Crippen LogP contribution >= 0.6 is 27.3 Å². The number of rotatable bonds is 7. The van der Waals surface area contributed by atoms with Crippen molar-refractivity contribution in [1.82, 2.24) is 20.1 Å². The Morgan fingerprint density at radius 1 is 1.42 bits per heavy atom. The number of hydrogen-bond donors (Lipinski definition) is 1. The van der Waals surface area contributed by atoms with E-state index >= 15 is 0 Å². The van der Waals surface area contributed by atoms with E-state index in [0.29, 0.717) is 0 Å². The largest absolute Gasteiger partial charge is 0.304 e. The van der Waals surface area contributed by atoms with E-state index in [-0.39, 0.29) is 6.04 Å². The van der Waals surface area contributed by atoms with E-state index in [1.165, 1.54) is 5.69 Å². The molecule has 0 aromatic carbocycles. The normalized spacial score (nSPS) is 12.8. The summed E-state index contributed by atoms with van der Waals surface area (Å²) >= 11 is 5.25. The summed E-state index contributed by atoms with van der Waals surface area (Å²) in [6.45, 7) is 6.22. The van der Waals surface area contributed by atoms with Crippen LogP contribution in [0.4, 0.5) is 0 Å². The van der Waals surface area contributed by atoms with Gasteiger partial charge in [-0.15, -0.1) is 11.3 Å². The molecule has 0 spiro atoms. The number of nitrogens with zero attached hydrogens (tertiary/aromatic N) is 3. The minimum absolute atomic E-state index is 0.106. The summed E-state index contributed by atoms with van der Waals surface area (Å²) in [6, 6.07) is 0.106. The van der Waals surface area contributed by atoms with Crippen molar-refractivity contribution in [2.45, 2.75) is 39.3 Å². The zero-order valence-corrected chi connectivity index (χ0v) is 13.7. The Kier molecular flexibility index (Phi) is 5.54. The third-order valence-electron chi connectivity index (χ3n) is 2.89. The summed E-state index contributed by atoms with van der Waals surface area (Å²) in [7, 11) is 0. The molecule has 1 unspecified atom stereocenters. The molecular formula is C13H19BrN4S. The molecule has 0 radical (unpaired) electrons. The topological polar surface area (TPSA) is 42.7 Å². The number of halogens is 1. The molecule has 0 fully saturated rings. The van der Waals surface area contributed by atoms with E-state index in [2.05, 4.69) is 55.2 Å². The highest BCUT2D eigenvalue weighted by Crippen LogP contribution is 2.28. The fourth-order valence-electron chi connectivity index (χ4n) is 2.04. The molecule has 2 aromatic rings. The Morgan fingerprint density at radius 2 is 2.26 bits per heavy atom. The van der Waals surface area contributed by atoms with Gasteiger partial charge in [0.05, 0.1) is 33.6 Å². The number of thiazole rings is 1. The lowest BCUT2D eigenvalue weighted by Crippen LogP contribution is -2.26. The molecule has 104 valence electrons. The Balaban J connectivity index is 2.34. The number of hydrogen-bond acceptors (Lipinski definition) is 4. The first-order chi connectivity index (χ1) is 9.27. The van der Waals surface area contributed by atoms with Gasteiger partial charge in [-0.1, -0.05) is 13.8 Å². The molecule has 2 heterocycles. The minimum atomic E-state index is 0.106. The SMILES string of the molecule is CCCNC(c1cscn1)c1c(Br)cnn1CCC. The molecule has 2 aromatic heterocycles. The summed E-state index contributed by atoms with van der Waals surface area (Å²) in [5, 5.41) is 10.1. The average Bonchev–Trinajstić information content (AvgIpc) is 3.03. The average molecular weight is 343 g/mol. The molecule has 0 aliphatic heterocycles. The van der Waals surface area contributed by atoms with Crippen LogP contribution in [-0.4, -0.2) is 21.3 Å². The highest BCUT2D eigenvalue weighted by Gasteiger charge is 2.22. The first-order valence-corrected chi connectivity index (χ1v) is 8.34. The van der Waals surface area contributed by atoms with Crippen molar-refractivity contribution in [1.29, 1.82) is 0 Å². The van der Waals surface area contributed by atoms with Crippen molar-refractivity contribution in [2.24, 2.45) is 0 Å². The summed E-state index contributed by atoms with van der Waals surface area (Å²) in [6.07, 6.45) is 4.04. The van der Waals surface area contributed by atoms with Crippen molar-refractivity contribution in [3.63, 3.8) is 0 Å². The van der Waals surface area contributed by atoms with Gasteiger partial charge in [0.1, 0.15) is 0 Å². The van der Waals surface area contributed by atoms with Gasteiger partial charge < -0.3 is 5.32 Å². The molecule has 4 nitrogen and oxygen atoms in total. The van der Waals surface area contributed by atoms with Crippen molar-refractivity contribution < 1.29 is 0 Å². The Morgan fingerprint density at radius 3 is 2.89 bits per heavy atom. The van der Waals surface area contributed by atoms with Crippen LogP contribution in [-0.2, 0) is 6.54 Å². The van der Waals surface area contributed by atoms with Crippen LogP contribution in [0.2, 0.25) is 0 Å². The van der Waals surface area contributed by atoms with Crippen molar-refractivity contribution >= 4 is 27.3 Å². The predicted molar refractivity (Wildman–Crippen MR) is 82.5 cm³/mol. The number of aromatic nitrogens is 3. The fraction of sp³-hybridized carbons (Fsp3) is 0.538. The van der Waals surface area contributed by atoms with E-state index in [1.807, 2.05) is 11.7 Å². The quantitative estimate of drug-likeness (QED) is 0.835. The second kappa shape index (κ2) is 7.17. The molecule has 1 N–H and O–H groups in total. The Bertz CT molecular complexity index is 495. The van der Waals surface area contributed by atoms with E-state index < -0.39 is 0 Å². The fourth-order valence-corrected chi connectivity index (χ4v) is 3.15. The molecule has 1 atom stereocenters. The molecule has 2 rings (SSSR count). The van der Waals surface area contributed by atoms with Gasteiger partial charge in [0.2, 0.25) is 0 Å². The first kappa shape index (κ1) is 14.7. The lowest BCUT2D eigenvalue weighted by molar-refractivity contribution is 0.505. The smallest absolute Gasteiger partial charge is 0.0942 e. The highest BCUT2D eigenvalue weighted by molar-refractivity contribution is 9.10. The van der Waals surface area contributed by atoms with Crippen LogP contribution in [0.5, 0.6) is 0 Å². The van der Waals surface area contributed by atoms with Gasteiger partial charge >= 0.3 is 0 Å². The number of nitrogens with one attached hydrogen (secondary N) is 1. The zero-order chi connectivity index (χ0) is 13.7. The van der Waals surface area contributed by atoms with Crippen LogP contribution < -0.4 is 5.32 Å². The number of aryl methyl sites for hydroxylation is 1. The molecular weight excluding hydrogens is 324 g/mol. The van der Waals surface area contributed by atoms with Crippen LogP contribution in [0.3, 0.4) is 0 Å². The summed E-state index contributed by atoms with van der Waals surface area (Å²) < 4.78 is 3.11. The van der Waals surface area contributed by atoms with Crippen molar-refractivity contribution in [3.8, 4) is 0 Å². The second-order valence-corrected chi connectivity index (χ2v) is 5.97. The Labute approximate surface area is 126 Å². The van der Waals surface area contributed by atoms with E-state index in [9.17, 15) is 0 Å².